The van der Waals surface area contributed by atoms with E-state index in [4.69, 9.17) is 4.74 Å². The van der Waals surface area contributed by atoms with Gasteiger partial charge in [-0.15, -0.1) is 5.92 Å². The maximum Gasteiger partial charge on any atom is 0.302 e. The molecule has 0 spiro atoms. The SMILES string of the molecule is CCCCC#CCC(CC)OC(C)=O. The zero-order valence-electron chi connectivity index (χ0n) is 9.43. The second kappa shape index (κ2) is 8.62. The number of unbranched alkanes of at least 4 members (excludes halogenated alkanes) is 2. The largest absolute Gasteiger partial charge is 0.462 e. The van der Waals surface area contributed by atoms with Crippen molar-refractivity contribution in [2.75, 3.05) is 0 Å². The van der Waals surface area contributed by atoms with Crippen molar-refractivity contribution in [3.05, 3.63) is 0 Å². The normalized spacial score (nSPS) is 11.4. The molecule has 0 saturated carbocycles. The van der Waals surface area contributed by atoms with Gasteiger partial charge in [-0.25, -0.2) is 0 Å². The summed E-state index contributed by atoms with van der Waals surface area (Å²) >= 11 is 0. The van der Waals surface area contributed by atoms with Crippen molar-refractivity contribution in [3.63, 3.8) is 0 Å². The maximum atomic E-state index is 10.7. The third kappa shape index (κ3) is 7.67. The number of esters is 1. The molecule has 0 fully saturated rings. The third-order valence-corrected chi connectivity index (χ3v) is 1.90. The van der Waals surface area contributed by atoms with Crippen molar-refractivity contribution < 1.29 is 9.53 Å². The van der Waals surface area contributed by atoms with Crippen LogP contribution in [0.15, 0.2) is 0 Å². The van der Waals surface area contributed by atoms with E-state index in [9.17, 15) is 4.79 Å². The zero-order chi connectivity index (χ0) is 10.8. The molecule has 0 N–H and O–H groups in total. The number of hydrogen-bond donors (Lipinski definition) is 0. The molecule has 2 nitrogen and oxygen atoms in total. The van der Waals surface area contributed by atoms with Gasteiger partial charge in [0, 0.05) is 19.8 Å². The van der Waals surface area contributed by atoms with Crippen molar-refractivity contribution in [2.24, 2.45) is 0 Å². The van der Waals surface area contributed by atoms with Gasteiger partial charge in [-0.3, -0.25) is 4.79 Å². The summed E-state index contributed by atoms with van der Waals surface area (Å²) in [5, 5.41) is 0. The van der Waals surface area contributed by atoms with Crippen LogP contribution in [0, 0.1) is 11.8 Å². The molecule has 0 amide bonds. The van der Waals surface area contributed by atoms with Crippen LogP contribution in [0.25, 0.3) is 0 Å². The van der Waals surface area contributed by atoms with Gasteiger partial charge in [0.15, 0.2) is 0 Å². The van der Waals surface area contributed by atoms with Crippen LogP contribution in [0.3, 0.4) is 0 Å². The number of ether oxygens (including phenoxy) is 1. The highest BCUT2D eigenvalue weighted by Gasteiger charge is 2.06. The van der Waals surface area contributed by atoms with E-state index < -0.39 is 0 Å². The molecule has 0 aliphatic carbocycles. The molecule has 0 rings (SSSR count). The Morgan fingerprint density at radius 1 is 1.36 bits per heavy atom. The van der Waals surface area contributed by atoms with Crippen LogP contribution < -0.4 is 0 Å². The summed E-state index contributed by atoms with van der Waals surface area (Å²) in [6, 6.07) is 0. The van der Waals surface area contributed by atoms with Crippen molar-refractivity contribution in [3.8, 4) is 11.8 Å². The van der Waals surface area contributed by atoms with E-state index >= 15 is 0 Å². The highest BCUT2D eigenvalue weighted by atomic mass is 16.5. The first-order valence-corrected chi connectivity index (χ1v) is 5.33. The monoisotopic (exact) mass is 196 g/mol. The third-order valence-electron chi connectivity index (χ3n) is 1.90. The predicted molar refractivity (Wildman–Crippen MR) is 57.8 cm³/mol. The van der Waals surface area contributed by atoms with Crippen LogP contribution in [0.4, 0.5) is 0 Å². The topological polar surface area (TPSA) is 26.3 Å². The van der Waals surface area contributed by atoms with E-state index in [-0.39, 0.29) is 12.1 Å². The average molecular weight is 196 g/mol. The first-order chi connectivity index (χ1) is 6.70. The summed E-state index contributed by atoms with van der Waals surface area (Å²) in [5.41, 5.74) is 0. The molecule has 1 atom stereocenters. The summed E-state index contributed by atoms with van der Waals surface area (Å²) < 4.78 is 5.06. The molecule has 0 saturated heterocycles. The molecule has 0 radical (unpaired) electrons. The van der Waals surface area contributed by atoms with Crippen molar-refractivity contribution in [1.82, 2.24) is 0 Å². The van der Waals surface area contributed by atoms with Gasteiger partial charge in [-0.2, -0.15) is 0 Å². The Morgan fingerprint density at radius 3 is 2.57 bits per heavy atom. The minimum Gasteiger partial charge on any atom is -0.462 e. The fourth-order valence-corrected chi connectivity index (χ4v) is 1.04. The Kier molecular flexibility index (Phi) is 8.02. The Morgan fingerprint density at radius 2 is 2.07 bits per heavy atom. The molecule has 0 aliphatic rings. The molecule has 80 valence electrons. The van der Waals surface area contributed by atoms with Gasteiger partial charge in [0.1, 0.15) is 6.10 Å². The number of hydrogen-bond acceptors (Lipinski definition) is 2. The summed E-state index contributed by atoms with van der Waals surface area (Å²) in [4.78, 5) is 10.7. The Bertz CT molecular complexity index is 210. The van der Waals surface area contributed by atoms with E-state index in [0.717, 1.165) is 19.3 Å². The molecule has 0 bridgehead atoms. The van der Waals surface area contributed by atoms with Crippen LogP contribution in [-0.2, 0) is 9.53 Å². The van der Waals surface area contributed by atoms with E-state index in [1.54, 1.807) is 0 Å². The maximum absolute atomic E-state index is 10.7. The standard InChI is InChI=1S/C12H20O2/c1-4-6-7-8-9-10-12(5-2)14-11(3)13/h12H,4-7,10H2,1-3H3. The van der Waals surface area contributed by atoms with Gasteiger partial charge in [-0.1, -0.05) is 26.2 Å². The van der Waals surface area contributed by atoms with Crippen LogP contribution in [0.5, 0.6) is 0 Å². The van der Waals surface area contributed by atoms with E-state index in [0.29, 0.717) is 6.42 Å². The molecule has 0 aromatic heterocycles. The van der Waals surface area contributed by atoms with Gasteiger partial charge in [0.25, 0.3) is 0 Å². The lowest BCUT2D eigenvalue weighted by molar-refractivity contribution is -0.146. The Labute approximate surface area is 87.0 Å². The lowest BCUT2D eigenvalue weighted by atomic mass is 10.2. The molecular weight excluding hydrogens is 176 g/mol. The minimum atomic E-state index is -0.216. The van der Waals surface area contributed by atoms with Crippen LogP contribution in [0.2, 0.25) is 0 Å². The quantitative estimate of drug-likeness (QED) is 0.384. The average Bonchev–Trinajstić information content (AvgIpc) is 2.15. The van der Waals surface area contributed by atoms with Gasteiger partial charge in [-0.05, 0) is 12.8 Å². The van der Waals surface area contributed by atoms with Crippen molar-refractivity contribution in [2.45, 2.75) is 59.0 Å². The van der Waals surface area contributed by atoms with Crippen molar-refractivity contribution >= 4 is 5.97 Å². The summed E-state index contributed by atoms with van der Waals surface area (Å²) in [7, 11) is 0. The summed E-state index contributed by atoms with van der Waals surface area (Å²) in [6.07, 6.45) is 4.75. The molecule has 2 heteroatoms. The van der Waals surface area contributed by atoms with Crippen LogP contribution in [0.1, 0.15) is 52.9 Å². The molecule has 0 heterocycles. The number of carbonyl (C=O) groups excluding carboxylic acids is 1. The van der Waals surface area contributed by atoms with Crippen molar-refractivity contribution in [1.29, 1.82) is 0 Å². The number of carbonyl (C=O) groups is 1. The molecule has 0 aliphatic heterocycles. The van der Waals surface area contributed by atoms with Gasteiger partial charge < -0.3 is 4.74 Å². The van der Waals surface area contributed by atoms with Crippen LogP contribution in [-0.4, -0.2) is 12.1 Å². The fraction of sp³-hybridized carbons (Fsp3) is 0.750. The van der Waals surface area contributed by atoms with E-state index in [1.165, 1.54) is 13.3 Å². The summed E-state index contributed by atoms with van der Waals surface area (Å²) in [6.45, 7) is 5.59. The van der Waals surface area contributed by atoms with Gasteiger partial charge >= 0.3 is 5.97 Å². The molecule has 1 unspecified atom stereocenters. The first kappa shape index (κ1) is 13.0. The Hall–Kier alpha value is -0.970. The second-order valence-corrected chi connectivity index (χ2v) is 3.30. The lowest BCUT2D eigenvalue weighted by Crippen LogP contribution is -2.14. The highest BCUT2D eigenvalue weighted by Crippen LogP contribution is 2.03. The molecular formula is C12H20O2. The van der Waals surface area contributed by atoms with E-state index in [2.05, 4.69) is 18.8 Å². The fourth-order valence-electron chi connectivity index (χ4n) is 1.04. The lowest BCUT2D eigenvalue weighted by Gasteiger charge is -2.10. The van der Waals surface area contributed by atoms with Gasteiger partial charge in [0.2, 0.25) is 0 Å². The smallest absolute Gasteiger partial charge is 0.302 e. The van der Waals surface area contributed by atoms with Gasteiger partial charge in [0.05, 0.1) is 0 Å². The predicted octanol–water partition coefficient (Wildman–Crippen LogP) is 2.91. The molecule has 0 aromatic rings. The summed E-state index contributed by atoms with van der Waals surface area (Å²) in [5.74, 6) is 5.92. The molecule has 0 aromatic carbocycles. The minimum absolute atomic E-state index is 0.0263. The van der Waals surface area contributed by atoms with Crippen LogP contribution >= 0.6 is 0 Å². The molecule has 14 heavy (non-hydrogen) atoms. The Balaban J connectivity index is 3.69. The number of rotatable bonds is 5. The second-order valence-electron chi connectivity index (χ2n) is 3.30. The highest BCUT2D eigenvalue weighted by molar-refractivity contribution is 5.66. The van der Waals surface area contributed by atoms with E-state index in [1.807, 2.05) is 6.92 Å². The zero-order valence-corrected chi connectivity index (χ0v) is 9.43. The first-order valence-electron chi connectivity index (χ1n) is 5.33.